The Bertz CT molecular complexity index is 1010. The molecule has 7 nitrogen and oxygen atoms in total. The lowest BCUT2D eigenvalue weighted by Crippen LogP contribution is -2.15. The molecule has 1 N–H and O–H groups in total. The number of carbonyl (C=O) groups is 1. The zero-order chi connectivity index (χ0) is 19.3. The summed E-state index contributed by atoms with van der Waals surface area (Å²) in [5, 5.41) is 3.18. The molecular weight excluding hydrogens is 358 g/mol. The Labute approximate surface area is 162 Å². The lowest BCUT2D eigenvalue weighted by Gasteiger charge is -2.19. The SMILES string of the molecule is CCCCOC(=O)c1nc2ccccc2nc1Nc1ccc2c(c1)OCCO2. The maximum Gasteiger partial charge on any atom is 0.360 e. The second kappa shape index (κ2) is 8.12. The summed E-state index contributed by atoms with van der Waals surface area (Å²) in [6, 6.07) is 12.9. The molecule has 4 rings (SSSR count). The van der Waals surface area contributed by atoms with Crippen molar-refractivity contribution < 1.29 is 19.0 Å². The van der Waals surface area contributed by atoms with Gasteiger partial charge in [0, 0.05) is 11.8 Å². The number of nitrogens with zero attached hydrogens (tertiary/aromatic N) is 2. The number of aromatic nitrogens is 2. The Morgan fingerprint density at radius 3 is 2.61 bits per heavy atom. The molecule has 0 aliphatic carbocycles. The second-order valence-electron chi connectivity index (χ2n) is 6.38. The van der Waals surface area contributed by atoms with Gasteiger partial charge in [0.1, 0.15) is 13.2 Å². The smallest absolute Gasteiger partial charge is 0.360 e. The van der Waals surface area contributed by atoms with Crippen LogP contribution in [0.1, 0.15) is 30.3 Å². The average Bonchev–Trinajstić information content (AvgIpc) is 2.73. The van der Waals surface area contributed by atoms with E-state index in [9.17, 15) is 4.79 Å². The van der Waals surface area contributed by atoms with Crippen molar-refractivity contribution in [2.45, 2.75) is 19.8 Å². The predicted molar refractivity (Wildman–Crippen MR) is 105 cm³/mol. The van der Waals surface area contributed by atoms with Gasteiger partial charge < -0.3 is 19.5 Å². The molecule has 7 heteroatoms. The molecule has 0 saturated carbocycles. The van der Waals surface area contributed by atoms with Gasteiger partial charge in [-0.05, 0) is 30.7 Å². The van der Waals surface area contributed by atoms with E-state index < -0.39 is 5.97 Å². The minimum atomic E-state index is -0.494. The van der Waals surface area contributed by atoms with E-state index >= 15 is 0 Å². The van der Waals surface area contributed by atoms with Gasteiger partial charge in [-0.2, -0.15) is 0 Å². The summed E-state index contributed by atoms with van der Waals surface area (Å²) in [6.45, 7) is 3.43. The fourth-order valence-electron chi connectivity index (χ4n) is 2.86. The molecule has 144 valence electrons. The molecule has 1 aliphatic rings. The third-order valence-electron chi connectivity index (χ3n) is 4.30. The number of ether oxygens (including phenoxy) is 3. The Kier molecular flexibility index (Phi) is 5.23. The van der Waals surface area contributed by atoms with E-state index in [0.29, 0.717) is 48.2 Å². The number of rotatable bonds is 6. The summed E-state index contributed by atoms with van der Waals surface area (Å²) in [5.41, 5.74) is 2.20. The van der Waals surface area contributed by atoms with Gasteiger partial charge in [0.25, 0.3) is 0 Å². The molecule has 0 saturated heterocycles. The van der Waals surface area contributed by atoms with E-state index in [2.05, 4.69) is 15.3 Å². The highest BCUT2D eigenvalue weighted by molar-refractivity contribution is 5.96. The molecule has 2 aromatic carbocycles. The molecule has 0 unspecified atom stereocenters. The summed E-state index contributed by atoms with van der Waals surface area (Å²) in [6.07, 6.45) is 1.75. The van der Waals surface area contributed by atoms with Crippen LogP contribution in [0.3, 0.4) is 0 Å². The summed E-state index contributed by atoms with van der Waals surface area (Å²) >= 11 is 0. The standard InChI is InChI=1S/C21H21N3O4/c1-2-3-10-28-21(25)19-20(24-16-7-5-4-6-15(16)23-19)22-14-8-9-17-18(13-14)27-12-11-26-17/h4-9,13H,2-3,10-12H2,1H3,(H,22,24). The molecule has 0 bridgehead atoms. The molecule has 0 fully saturated rings. The second-order valence-corrected chi connectivity index (χ2v) is 6.38. The van der Waals surface area contributed by atoms with E-state index in [4.69, 9.17) is 14.2 Å². The fraction of sp³-hybridized carbons (Fsp3) is 0.286. The number of esters is 1. The molecule has 0 radical (unpaired) electrons. The lowest BCUT2D eigenvalue weighted by molar-refractivity contribution is 0.0494. The minimum Gasteiger partial charge on any atom is -0.486 e. The van der Waals surface area contributed by atoms with E-state index in [1.54, 1.807) is 0 Å². The van der Waals surface area contributed by atoms with Crippen molar-refractivity contribution in [1.82, 2.24) is 9.97 Å². The van der Waals surface area contributed by atoms with Crippen LogP contribution in [0.25, 0.3) is 11.0 Å². The van der Waals surface area contributed by atoms with E-state index in [0.717, 1.165) is 18.5 Å². The van der Waals surface area contributed by atoms with Gasteiger partial charge in [-0.1, -0.05) is 25.5 Å². The van der Waals surface area contributed by atoms with Gasteiger partial charge in [0.2, 0.25) is 0 Å². The maximum atomic E-state index is 12.6. The molecule has 1 aliphatic heterocycles. The fourth-order valence-corrected chi connectivity index (χ4v) is 2.86. The van der Waals surface area contributed by atoms with Crippen LogP contribution in [0.15, 0.2) is 42.5 Å². The van der Waals surface area contributed by atoms with E-state index in [1.807, 2.05) is 49.4 Å². The molecule has 0 spiro atoms. The van der Waals surface area contributed by atoms with Gasteiger partial charge in [-0.15, -0.1) is 0 Å². The number of anilines is 2. The van der Waals surface area contributed by atoms with Crippen molar-refractivity contribution in [2.24, 2.45) is 0 Å². The number of hydrogen-bond donors (Lipinski definition) is 1. The van der Waals surface area contributed by atoms with Crippen LogP contribution in [0, 0.1) is 0 Å². The van der Waals surface area contributed by atoms with Crippen LogP contribution in [0.4, 0.5) is 11.5 Å². The third-order valence-corrected chi connectivity index (χ3v) is 4.30. The largest absolute Gasteiger partial charge is 0.486 e. The van der Waals surface area contributed by atoms with Crippen molar-refractivity contribution in [3.05, 3.63) is 48.2 Å². The Morgan fingerprint density at radius 1 is 1.07 bits per heavy atom. The van der Waals surface area contributed by atoms with E-state index in [1.165, 1.54) is 0 Å². The molecule has 1 aromatic heterocycles. The third kappa shape index (κ3) is 3.83. The summed E-state index contributed by atoms with van der Waals surface area (Å²) in [4.78, 5) is 21.7. The zero-order valence-corrected chi connectivity index (χ0v) is 15.6. The molecule has 0 atom stereocenters. The lowest BCUT2D eigenvalue weighted by atomic mass is 10.2. The normalized spacial score (nSPS) is 12.6. The molecule has 0 amide bonds. The number of carbonyl (C=O) groups excluding carboxylic acids is 1. The van der Waals surface area contributed by atoms with Crippen molar-refractivity contribution >= 4 is 28.5 Å². The van der Waals surface area contributed by atoms with E-state index in [-0.39, 0.29) is 5.69 Å². The first-order valence-electron chi connectivity index (χ1n) is 9.35. The first kappa shape index (κ1) is 18.0. The van der Waals surface area contributed by atoms with Gasteiger partial charge in [0.15, 0.2) is 23.0 Å². The maximum absolute atomic E-state index is 12.6. The Hall–Kier alpha value is -3.35. The molecule has 2 heterocycles. The van der Waals surface area contributed by atoms with Crippen molar-refractivity contribution in [1.29, 1.82) is 0 Å². The van der Waals surface area contributed by atoms with Crippen LogP contribution in [-0.2, 0) is 4.74 Å². The topological polar surface area (TPSA) is 82.6 Å². The minimum absolute atomic E-state index is 0.157. The Morgan fingerprint density at radius 2 is 1.82 bits per heavy atom. The summed E-state index contributed by atoms with van der Waals surface area (Å²) < 4.78 is 16.5. The molecule has 3 aromatic rings. The number of para-hydroxylation sites is 2. The van der Waals surface area contributed by atoms with Crippen molar-refractivity contribution in [2.75, 3.05) is 25.1 Å². The van der Waals surface area contributed by atoms with Crippen molar-refractivity contribution in [3.63, 3.8) is 0 Å². The number of benzene rings is 2. The van der Waals surface area contributed by atoms with Crippen LogP contribution >= 0.6 is 0 Å². The molecular formula is C21H21N3O4. The highest BCUT2D eigenvalue weighted by Gasteiger charge is 2.19. The van der Waals surface area contributed by atoms with Gasteiger partial charge in [-0.3, -0.25) is 0 Å². The van der Waals surface area contributed by atoms with Crippen LogP contribution in [0.5, 0.6) is 11.5 Å². The molecule has 28 heavy (non-hydrogen) atoms. The quantitative estimate of drug-likeness (QED) is 0.510. The first-order valence-corrected chi connectivity index (χ1v) is 9.35. The highest BCUT2D eigenvalue weighted by Crippen LogP contribution is 2.34. The number of nitrogens with one attached hydrogen (secondary N) is 1. The predicted octanol–water partition coefficient (Wildman–Crippen LogP) is 4.10. The average molecular weight is 379 g/mol. The van der Waals surface area contributed by atoms with Gasteiger partial charge in [-0.25, -0.2) is 14.8 Å². The number of unbranched alkanes of at least 4 members (excludes halogenated alkanes) is 1. The first-order chi connectivity index (χ1) is 13.7. The van der Waals surface area contributed by atoms with Crippen LogP contribution in [-0.4, -0.2) is 35.8 Å². The number of hydrogen-bond acceptors (Lipinski definition) is 7. The van der Waals surface area contributed by atoms with Crippen LogP contribution in [0.2, 0.25) is 0 Å². The summed E-state index contributed by atoms with van der Waals surface area (Å²) in [5.74, 6) is 1.20. The van der Waals surface area contributed by atoms with Crippen molar-refractivity contribution in [3.8, 4) is 11.5 Å². The monoisotopic (exact) mass is 379 g/mol. The van der Waals surface area contributed by atoms with Gasteiger partial charge in [0.05, 0.1) is 17.6 Å². The zero-order valence-electron chi connectivity index (χ0n) is 15.6. The Balaban J connectivity index is 1.68. The highest BCUT2D eigenvalue weighted by atomic mass is 16.6. The van der Waals surface area contributed by atoms with Crippen LogP contribution < -0.4 is 14.8 Å². The number of fused-ring (bicyclic) bond motifs is 2. The summed E-state index contributed by atoms with van der Waals surface area (Å²) in [7, 11) is 0. The van der Waals surface area contributed by atoms with Gasteiger partial charge >= 0.3 is 5.97 Å².